The van der Waals surface area contributed by atoms with Gasteiger partial charge < -0.3 is 10.2 Å². The number of aliphatic hydroxyl groups excluding tert-OH is 1. The fraction of sp³-hybridized carbons (Fsp3) is 0.474. The number of phenols is 1. The highest BCUT2D eigenvalue weighted by molar-refractivity contribution is 9.10. The molecule has 0 saturated heterocycles. The molecule has 0 unspecified atom stereocenters. The van der Waals surface area contributed by atoms with Crippen LogP contribution in [-0.2, 0) is 0 Å². The van der Waals surface area contributed by atoms with E-state index in [2.05, 4.69) is 22.9 Å². The van der Waals surface area contributed by atoms with Gasteiger partial charge in [-0.1, -0.05) is 74.5 Å². The molecule has 0 atom stereocenters. The molecule has 0 radical (unpaired) electrons. The molecule has 2 N–H and O–H groups in total. The molecular formula is C19H29BrO2. The van der Waals surface area contributed by atoms with Crippen molar-refractivity contribution in [2.45, 2.75) is 52.9 Å². The van der Waals surface area contributed by atoms with Crippen molar-refractivity contribution in [3.05, 3.63) is 40.9 Å². The molecular weight excluding hydrogens is 340 g/mol. The lowest BCUT2D eigenvalue weighted by atomic mass is 10.1. The molecule has 0 aromatic heterocycles. The average Bonchev–Trinajstić information content (AvgIpc) is 2.54. The monoisotopic (exact) mass is 368 g/mol. The van der Waals surface area contributed by atoms with Crippen LogP contribution >= 0.6 is 15.9 Å². The van der Waals surface area contributed by atoms with E-state index >= 15 is 0 Å². The largest absolute Gasteiger partial charge is 0.508 e. The standard InChI is InChI=1S/C10H7BrO.C7H16O.C2H6/c11-9-3-1-8-6-10(12)4-2-7(8)5-9;1-2-3-4-5-6-7-8;1-2/h1-6,12H;8H,2-7H2,1H3;1-2H3. The SMILES string of the molecule is CC.CCCCCCCO.Oc1ccc2cc(Br)ccc2c1. The number of halogens is 1. The van der Waals surface area contributed by atoms with E-state index in [1.54, 1.807) is 12.1 Å². The predicted octanol–water partition coefficient (Wildman–Crippen LogP) is 6.28. The molecule has 0 heterocycles. The molecule has 0 amide bonds. The second-order valence-corrected chi connectivity index (χ2v) is 5.73. The highest BCUT2D eigenvalue weighted by Gasteiger charge is 1.94. The lowest BCUT2D eigenvalue weighted by Gasteiger charge is -1.98. The Kier molecular flexibility index (Phi) is 12.9. The van der Waals surface area contributed by atoms with Crippen LogP contribution in [0.25, 0.3) is 10.8 Å². The van der Waals surface area contributed by atoms with E-state index in [9.17, 15) is 5.11 Å². The Balaban J connectivity index is 0.000000388. The molecule has 0 saturated carbocycles. The summed E-state index contributed by atoms with van der Waals surface area (Å²) in [6, 6.07) is 11.3. The van der Waals surface area contributed by atoms with E-state index in [4.69, 9.17) is 5.11 Å². The number of rotatable bonds is 5. The van der Waals surface area contributed by atoms with Gasteiger partial charge in [-0.15, -0.1) is 0 Å². The highest BCUT2D eigenvalue weighted by atomic mass is 79.9. The first kappa shape index (κ1) is 20.9. The van der Waals surface area contributed by atoms with E-state index in [0.29, 0.717) is 12.4 Å². The van der Waals surface area contributed by atoms with Gasteiger partial charge in [-0.25, -0.2) is 0 Å². The van der Waals surface area contributed by atoms with Crippen LogP contribution in [0.1, 0.15) is 52.9 Å². The van der Waals surface area contributed by atoms with Crippen LogP contribution in [0, 0.1) is 0 Å². The number of unbranched alkanes of at least 4 members (excludes halogenated alkanes) is 4. The third-order valence-corrected chi connectivity index (χ3v) is 3.54. The van der Waals surface area contributed by atoms with E-state index in [1.807, 2.05) is 38.1 Å². The first-order valence-corrected chi connectivity index (χ1v) is 8.95. The van der Waals surface area contributed by atoms with Crippen molar-refractivity contribution in [1.29, 1.82) is 0 Å². The second kappa shape index (κ2) is 13.6. The van der Waals surface area contributed by atoms with Crippen LogP contribution in [0.2, 0.25) is 0 Å². The van der Waals surface area contributed by atoms with Gasteiger partial charge >= 0.3 is 0 Å². The number of phenolic OH excluding ortho intramolecular Hbond substituents is 1. The highest BCUT2D eigenvalue weighted by Crippen LogP contribution is 2.22. The molecule has 0 aliphatic heterocycles. The van der Waals surface area contributed by atoms with Crippen LogP contribution in [0.15, 0.2) is 40.9 Å². The molecule has 2 aromatic rings. The summed E-state index contributed by atoms with van der Waals surface area (Å²) < 4.78 is 1.06. The molecule has 0 aliphatic rings. The third-order valence-electron chi connectivity index (χ3n) is 3.05. The maximum atomic E-state index is 9.19. The van der Waals surface area contributed by atoms with E-state index in [-0.39, 0.29) is 0 Å². The Hall–Kier alpha value is -1.06. The van der Waals surface area contributed by atoms with Gasteiger partial charge in [0.15, 0.2) is 0 Å². The number of aromatic hydroxyl groups is 1. The molecule has 2 nitrogen and oxygen atoms in total. The maximum Gasteiger partial charge on any atom is 0.116 e. The van der Waals surface area contributed by atoms with E-state index < -0.39 is 0 Å². The number of hydrogen-bond acceptors (Lipinski definition) is 2. The van der Waals surface area contributed by atoms with Crippen molar-refractivity contribution in [2.24, 2.45) is 0 Å². The molecule has 3 heteroatoms. The van der Waals surface area contributed by atoms with Crippen molar-refractivity contribution >= 4 is 26.7 Å². The minimum Gasteiger partial charge on any atom is -0.508 e. The Morgan fingerprint density at radius 2 is 1.45 bits per heavy atom. The van der Waals surface area contributed by atoms with E-state index in [1.165, 1.54) is 25.7 Å². The zero-order valence-corrected chi connectivity index (χ0v) is 15.6. The van der Waals surface area contributed by atoms with Crippen LogP contribution in [-0.4, -0.2) is 16.8 Å². The summed E-state index contributed by atoms with van der Waals surface area (Å²) >= 11 is 3.39. The van der Waals surface area contributed by atoms with Gasteiger partial charge in [0.2, 0.25) is 0 Å². The van der Waals surface area contributed by atoms with Crippen LogP contribution in [0.3, 0.4) is 0 Å². The normalized spacial score (nSPS) is 9.50. The summed E-state index contributed by atoms with van der Waals surface area (Å²) in [5.41, 5.74) is 0. The van der Waals surface area contributed by atoms with Gasteiger partial charge in [-0.3, -0.25) is 0 Å². The fourth-order valence-corrected chi connectivity index (χ4v) is 2.30. The van der Waals surface area contributed by atoms with Gasteiger partial charge in [-0.2, -0.15) is 0 Å². The zero-order valence-electron chi connectivity index (χ0n) is 14.0. The fourth-order valence-electron chi connectivity index (χ4n) is 1.92. The maximum absolute atomic E-state index is 9.19. The number of hydrogen-bond donors (Lipinski definition) is 2. The second-order valence-electron chi connectivity index (χ2n) is 4.81. The number of fused-ring (bicyclic) bond motifs is 1. The summed E-state index contributed by atoms with van der Waals surface area (Å²) in [6.07, 6.45) is 6.08. The Bertz CT molecular complexity index is 465. The van der Waals surface area contributed by atoms with Crippen molar-refractivity contribution in [3.8, 4) is 5.75 Å². The minimum absolute atomic E-state index is 0.310. The molecule has 0 spiro atoms. The van der Waals surface area contributed by atoms with E-state index in [0.717, 1.165) is 21.7 Å². The number of aliphatic hydroxyl groups is 1. The van der Waals surface area contributed by atoms with Crippen molar-refractivity contribution < 1.29 is 10.2 Å². The molecule has 2 aromatic carbocycles. The summed E-state index contributed by atoms with van der Waals surface area (Å²) in [5.74, 6) is 0.310. The first-order valence-electron chi connectivity index (χ1n) is 8.16. The van der Waals surface area contributed by atoms with Crippen molar-refractivity contribution in [2.75, 3.05) is 6.61 Å². The Morgan fingerprint density at radius 3 is 2.09 bits per heavy atom. The predicted molar refractivity (Wildman–Crippen MR) is 101 cm³/mol. The van der Waals surface area contributed by atoms with Crippen LogP contribution in [0.5, 0.6) is 5.75 Å². The number of benzene rings is 2. The molecule has 0 fully saturated rings. The summed E-state index contributed by atoms with van der Waals surface area (Å²) in [6.45, 7) is 6.56. The third kappa shape index (κ3) is 9.06. The topological polar surface area (TPSA) is 40.5 Å². The Labute approximate surface area is 143 Å². The smallest absolute Gasteiger partial charge is 0.116 e. The Morgan fingerprint density at radius 1 is 0.864 bits per heavy atom. The molecule has 124 valence electrons. The van der Waals surface area contributed by atoms with Gasteiger partial charge in [-0.05, 0) is 41.5 Å². The van der Waals surface area contributed by atoms with Crippen molar-refractivity contribution in [1.82, 2.24) is 0 Å². The average molecular weight is 369 g/mol. The van der Waals surface area contributed by atoms with Gasteiger partial charge in [0.05, 0.1) is 0 Å². The summed E-state index contributed by atoms with van der Waals surface area (Å²) in [5, 5.41) is 19.7. The molecule has 0 aliphatic carbocycles. The van der Waals surface area contributed by atoms with Gasteiger partial charge in [0.25, 0.3) is 0 Å². The van der Waals surface area contributed by atoms with Crippen LogP contribution in [0.4, 0.5) is 0 Å². The molecule has 22 heavy (non-hydrogen) atoms. The first-order chi connectivity index (χ1) is 10.7. The quantitative estimate of drug-likeness (QED) is 0.609. The van der Waals surface area contributed by atoms with Crippen LogP contribution < -0.4 is 0 Å². The molecule has 2 rings (SSSR count). The molecule has 0 bridgehead atoms. The summed E-state index contributed by atoms with van der Waals surface area (Å²) in [4.78, 5) is 0. The van der Waals surface area contributed by atoms with Gasteiger partial charge in [0.1, 0.15) is 5.75 Å². The van der Waals surface area contributed by atoms with Gasteiger partial charge in [0, 0.05) is 11.1 Å². The lowest BCUT2D eigenvalue weighted by Crippen LogP contribution is -1.81. The zero-order chi connectivity index (χ0) is 16.8. The minimum atomic E-state index is 0.310. The van der Waals surface area contributed by atoms with Crippen molar-refractivity contribution in [3.63, 3.8) is 0 Å². The summed E-state index contributed by atoms with van der Waals surface area (Å²) in [7, 11) is 0. The lowest BCUT2D eigenvalue weighted by molar-refractivity contribution is 0.282.